The van der Waals surface area contributed by atoms with E-state index in [1.165, 1.54) is 51.4 Å². The van der Waals surface area contributed by atoms with Crippen molar-refractivity contribution in [1.82, 2.24) is 0 Å². The van der Waals surface area contributed by atoms with E-state index < -0.39 is 0 Å². The Hall–Kier alpha value is -0.610. The van der Waals surface area contributed by atoms with Crippen LogP contribution in [0.4, 0.5) is 0 Å². The lowest BCUT2D eigenvalue weighted by molar-refractivity contribution is -0.170. The smallest absolute Gasteiger partial charge is 0.311 e. The van der Waals surface area contributed by atoms with Gasteiger partial charge in [-0.2, -0.15) is 0 Å². The first-order chi connectivity index (χ1) is 14.0. The third kappa shape index (κ3) is 3.03. The summed E-state index contributed by atoms with van der Waals surface area (Å²) in [7, 11) is 0. The molecule has 0 spiro atoms. The van der Waals surface area contributed by atoms with Crippen LogP contribution in [0.1, 0.15) is 71.1 Å². The summed E-state index contributed by atoms with van der Waals surface area (Å²) in [4.78, 5) is 12.9. The molecule has 0 aromatic rings. The topological polar surface area (TPSA) is 55.8 Å². The number of hydrogen-bond acceptors (Lipinski definition) is 4. The molecule has 6 saturated carbocycles. The molecule has 0 heterocycles. The quantitative estimate of drug-likeness (QED) is 0.320. The Kier molecular flexibility index (Phi) is 4.58. The zero-order valence-corrected chi connectivity index (χ0v) is 17.9. The van der Waals surface area contributed by atoms with Crippen molar-refractivity contribution in [2.24, 2.45) is 58.7 Å². The van der Waals surface area contributed by atoms with Crippen molar-refractivity contribution in [3.05, 3.63) is 0 Å². The van der Waals surface area contributed by atoms with E-state index >= 15 is 0 Å². The minimum Gasteiger partial charge on any atom is -0.438 e. The molecule has 29 heavy (non-hydrogen) atoms. The molecule has 0 aliphatic heterocycles. The Morgan fingerprint density at radius 1 is 1.03 bits per heavy atom. The molecular formula is C25H38O4. The molecule has 11 atom stereocenters. The fourth-order valence-corrected chi connectivity index (χ4v) is 9.85. The third-order valence-corrected chi connectivity index (χ3v) is 10.3. The van der Waals surface area contributed by atoms with E-state index in [4.69, 9.17) is 9.47 Å². The van der Waals surface area contributed by atoms with E-state index in [0.717, 1.165) is 43.1 Å². The Morgan fingerprint density at radius 2 is 1.86 bits per heavy atom. The van der Waals surface area contributed by atoms with Gasteiger partial charge in [-0.3, -0.25) is 4.79 Å². The first kappa shape index (κ1) is 19.1. The summed E-state index contributed by atoms with van der Waals surface area (Å²) in [6.07, 6.45) is 12.3. The third-order valence-electron chi connectivity index (χ3n) is 10.3. The lowest BCUT2D eigenvalue weighted by Crippen LogP contribution is -2.41. The maximum absolute atomic E-state index is 12.9. The standard InChI is InChI=1S/C25H38O4/c1-14-5-15-3-2-4-25(10-14,11-15)12-28-13-29-24(27)19-7-16-6-18(19)23-20-8-17(22(16)23)9-21(20)26/h14-23,26H,2-13H2,1H3. The molecule has 0 radical (unpaired) electrons. The molecule has 0 aromatic heterocycles. The minimum absolute atomic E-state index is 0.0238. The average molecular weight is 403 g/mol. The molecular weight excluding hydrogens is 364 g/mol. The predicted molar refractivity (Wildman–Crippen MR) is 109 cm³/mol. The number of aliphatic hydroxyl groups excluding tert-OH is 1. The highest BCUT2D eigenvalue weighted by Gasteiger charge is 2.65. The van der Waals surface area contributed by atoms with Crippen LogP contribution in [-0.4, -0.2) is 30.6 Å². The molecule has 0 amide bonds. The highest BCUT2D eigenvalue weighted by atomic mass is 16.7. The van der Waals surface area contributed by atoms with Gasteiger partial charge in [-0.1, -0.05) is 19.8 Å². The minimum atomic E-state index is -0.114. The Bertz CT molecular complexity index is 659. The maximum Gasteiger partial charge on any atom is 0.311 e. The van der Waals surface area contributed by atoms with Crippen LogP contribution in [-0.2, 0) is 14.3 Å². The van der Waals surface area contributed by atoms with Gasteiger partial charge >= 0.3 is 5.97 Å². The van der Waals surface area contributed by atoms with Crippen LogP contribution in [0.15, 0.2) is 0 Å². The molecule has 6 fully saturated rings. The first-order valence-corrected chi connectivity index (χ1v) is 12.5. The van der Waals surface area contributed by atoms with Gasteiger partial charge in [0.2, 0.25) is 0 Å². The SMILES string of the molecule is CC1CC2CCCC(COCOC(=O)C3CC4CC3C3C5CC(CC5O)C43)(C1)C2. The molecule has 6 aliphatic rings. The van der Waals surface area contributed by atoms with Gasteiger partial charge < -0.3 is 14.6 Å². The van der Waals surface area contributed by atoms with Crippen molar-refractivity contribution in [1.29, 1.82) is 0 Å². The lowest BCUT2D eigenvalue weighted by atomic mass is 9.59. The van der Waals surface area contributed by atoms with Crippen LogP contribution in [0.3, 0.4) is 0 Å². The van der Waals surface area contributed by atoms with Crippen molar-refractivity contribution in [3.8, 4) is 0 Å². The maximum atomic E-state index is 12.9. The van der Waals surface area contributed by atoms with E-state index in [9.17, 15) is 9.90 Å². The van der Waals surface area contributed by atoms with Gasteiger partial charge in [-0.15, -0.1) is 0 Å². The second kappa shape index (κ2) is 6.95. The van der Waals surface area contributed by atoms with Crippen LogP contribution in [0.2, 0.25) is 0 Å². The van der Waals surface area contributed by atoms with Gasteiger partial charge in [0.1, 0.15) is 0 Å². The van der Waals surface area contributed by atoms with E-state index in [2.05, 4.69) is 6.92 Å². The van der Waals surface area contributed by atoms with Gasteiger partial charge in [-0.05, 0) is 104 Å². The molecule has 11 unspecified atom stereocenters. The van der Waals surface area contributed by atoms with Crippen molar-refractivity contribution in [2.45, 2.75) is 77.2 Å². The van der Waals surface area contributed by atoms with Crippen molar-refractivity contribution in [3.63, 3.8) is 0 Å². The Labute approximate surface area is 175 Å². The van der Waals surface area contributed by atoms with Crippen LogP contribution >= 0.6 is 0 Å². The highest BCUT2D eigenvalue weighted by Crippen LogP contribution is 2.68. The number of ether oxygens (including phenoxy) is 2. The highest BCUT2D eigenvalue weighted by molar-refractivity contribution is 5.73. The number of rotatable bonds is 5. The van der Waals surface area contributed by atoms with E-state index in [1.807, 2.05) is 0 Å². The number of esters is 1. The number of fused-ring (bicyclic) bond motifs is 11. The second-order valence-corrected chi connectivity index (χ2v) is 12.1. The van der Waals surface area contributed by atoms with Crippen LogP contribution in [0.5, 0.6) is 0 Å². The molecule has 4 heteroatoms. The first-order valence-electron chi connectivity index (χ1n) is 12.5. The normalized spacial score (nSPS) is 54.6. The molecule has 4 nitrogen and oxygen atoms in total. The van der Waals surface area contributed by atoms with Crippen molar-refractivity contribution in [2.75, 3.05) is 13.4 Å². The Balaban J connectivity index is 1.01. The van der Waals surface area contributed by atoms with Crippen LogP contribution in [0.25, 0.3) is 0 Å². The molecule has 6 rings (SSSR count). The predicted octanol–water partition coefficient (Wildman–Crippen LogP) is 4.40. The molecule has 1 N–H and O–H groups in total. The van der Waals surface area contributed by atoms with Crippen LogP contribution in [0, 0.1) is 58.7 Å². The van der Waals surface area contributed by atoms with E-state index in [0.29, 0.717) is 29.1 Å². The summed E-state index contributed by atoms with van der Waals surface area (Å²) < 4.78 is 11.6. The molecule has 0 aromatic carbocycles. The fraction of sp³-hybridized carbons (Fsp3) is 0.960. The average Bonchev–Trinajstić information content (AvgIpc) is 3.42. The summed E-state index contributed by atoms with van der Waals surface area (Å²) in [6, 6.07) is 0. The summed E-state index contributed by atoms with van der Waals surface area (Å²) in [6.45, 7) is 3.29. The number of aliphatic hydroxyl groups is 1. The number of carbonyl (C=O) groups excluding carboxylic acids is 1. The molecule has 6 aliphatic carbocycles. The van der Waals surface area contributed by atoms with Gasteiger partial charge in [0, 0.05) is 0 Å². The monoisotopic (exact) mass is 402 g/mol. The summed E-state index contributed by atoms with van der Waals surface area (Å²) in [5.74, 6) is 5.45. The summed E-state index contributed by atoms with van der Waals surface area (Å²) in [5, 5.41) is 10.4. The van der Waals surface area contributed by atoms with Crippen LogP contribution < -0.4 is 0 Å². The summed E-state index contributed by atoms with van der Waals surface area (Å²) in [5.41, 5.74) is 0.339. The van der Waals surface area contributed by atoms with E-state index in [-0.39, 0.29) is 24.8 Å². The number of hydrogen-bond donors (Lipinski definition) is 1. The second-order valence-electron chi connectivity index (χ2n) is 12.1. The van der Waals surface area contributed by atoms with Gasteiger partial charge in [0.25, 0.3) is 0 Å². The van der Waals surface area contributed by atoms with Gasteiger partial charge in [0.05, 0.1) is 18.6 Å². The van der Waals surface area contributed by atoms with Gasteiger partial charge in [-0.25, -0.2) is 0 Å². The lowest BCUT2D eigenvalue weighted by Gasteiger charge is -2.47. The zero-order chi connectivity index (χ0) is 19.8. The van der Waals surface area contributed by atoms with E-state index in [1.54, 1.807) is 0 Å². The summed E-state index contributed by atoms with van der Waals surface area (Å²) >= 11 is 0. The molecule has 6 bridgehead atoms. The molecule has 162 valence electrons. The zero-order valence-electron chi connectivity index (χ0n) is 17.9. The molecule has 0 saturated heterocycles. The largest absolute Gasteiger partial charge is 0.438 e. The van der Waals surface area contributed by atoms with Crippen molar-refractivity contribution >= 4 is 5.97 Å². The van der Waals surface area contributed by atoms with Crippen molar-refractivity contribution < 1.29 is 19.4 Å². The van der Waals surface area contributed by atoms with Gasteiger partial charge in [0.15, 0.2) is 6.79 Å². The Morgan fingerprint density at radius 3 is 2.76 bits per heavy atom. The number of carbonyl (C=O) groups is 1. The fourth-order valence-electron chi connectivity index (χ4n) is 9.85.